The largest absolute Gasteiger partial charge is 0.480 e. The lowest BCUT2D eigenvalue weighted by Crippen LogP contribution is -2.32. The van der Waals surface area contributed by atoms with E-state index < -0.39 is 21.7 Å². The van der Waals surface area contributed by atoms with Gasteiger partial charge in [0, 0.05) is 6.04 Å². The van der Waals surface area contributed by atoms with Crippen molar-refractivity contribution in [1.82, 2.24) is 4.72 Å². The first-order chi connectivity index (χ1) is 9.46. The van der Waals surface area contributed by atoms with Gasteiger partial charge in [-0.25, -0.2) is 13.1 Å². The topological polar surface area (TPSA) is 83.5 Å². The lowest BCUT2D eigenvalue weighted by molar-refractivity contribution is -0.134. The van der Waals surface area contributed by atoms with Gasteiger partial charge < -0.3 is 5.11 Å². The van der Waals surface area contributed by atoms with E-state index in [4.69, 9.17) is 5.11 Å². The molecule has 0 amide bonds. The second-order valence-corrected chi connectivity index (χ2v) is 7.31. The predicted octanol–water partition coefficient (Wildman–Crippen LogP) is 1.56. The van der Waals surface area contributed by atoms with Gasteiger partial charge in [0.05, 0.1) is 0 Å². The average molecular weight is 295 g/mol. The molecular weight excluding hydrogens is 278 g/mol. The molecule has 1 aromatic carbocycles. The maximum Gasteiger partial charge on any atom is 0.320 e. The van der Waals surface area contributed by atoms with Crippen LogP contribution in [0.4, 0.5) is 0 Å². The molecule has 1 unspecified atom stereocenters. The van der Waals surface area contributed by atoms with Crippen LogP contribution in [0.5, 0.6) is 0 Å². The third-order valence-electron chi connectivity index (χ3n) is 3.96. The van der Waals surface area contributed by atoms with Crippen LogP contribution in [-0.2, 0) is 21.2 Å². The molecule has 2 aliphatic carbocycles. The zero-order valence-electron chi connectivity index (χ0n) is 11.0. The SMILES string of the molecule is O=C(O)CS(=O)(=O)NC1CCc2c(C3CC3)cccc21. The molecule has 108 valence electrons. The summed E-state index contributed by atoms with van der Waals surface area (Å²) in [6, 6.07) is 5.76. The van der Waals surface area contributed by atoms with Crippen LogP contribution in [0.25, 0.3) is 0 Å². The number of rotatable bonds is 5. The third kappa shape index (κ3) is 2.71. The molecule has 3 rings (SSSR count). The van der Waals surface area contributed by atoms with Gasteiger partial charge in [-0.2, -0.15) is 0 Å². The van der Waals surface area contributed by atoms with Crippen LogP contribution in [0.3, 0.4) is 0 Å². The molecule has 2 N–H and O–H groups in total. The van der Waals surface area contributed by atoms with Crippen molar-refractivity contribution in [3.05, 3.63) is 34.9 Å². The average Bonchev–Trinajstić information content (AvgIpc) is 3.11. The summed E-state index contributed by atoms with van der Waals surface area (Å²) >= 11 is 0. The summed E-state index contributed by atoms with van der Waals surface area (Å²) in [5, 5.41) is 8.62. The molecule has 1 atom stereocenters. The van der Waals surface area contributed by atoms with Crippen molar-refractivity contribution in [2.45, 2.75) is 37.6 Å². The van der Waals surface area contributed by atoms with Crippen molar-refractivity contribution in [3.8, 4) is 0 Å². The third-order valence-corrected chi connectivity index (χ3v) is 5.23. The normalized spacial score (nSPS) is 21.7. The first-order valence-corrected chi connectivity index (χ1v) is 8.45. The summed E-state index contributed by atoms with van der Waals surface area (Å²) in [4.78, 5) is 10.6. The van der Waals surface area contributed by atoms with Gasteiger partial charge in [-0.15, -0.1) is 0 Å². The zero-order chi connectivity index (χ0) is 14.3. The quantitative estimate of drug-likeness (QED) is 0.863. The number of benzene rings is 1. The van der Waals surface area contributed by atoms with Crippen molar-refractivity contribution >= 4 is 16.0 Å². The van der Waals surface area contributed by atoms with E-state index in [1.807, 2.05) is 12.1 Å². The Kier molecular flexibility index (Phi) is 3.30. The number of sulfonamides is 1. The number of hydrogen-bond donors (Lipinski definition) is 2. The highest BCUT2D eigenvalue weighted by molar-refractivity contribution is 7.90. The Balaban J connectivity index is 1.83. The standard InChI is InChI=1S/C14H17NO4S/c16-14(17)8-20(18,19)15-13-7-6-11-10(9-4-5-9)2-1-3-12(11)13/h1-3,9,13,15H,4-8H2,(H,16,17). The second kappa shape index (κ2) is 4.86. The Morgan fingerprint density at radius 2 is 1.95 bits per heavy atom. The summed E-state index contributed by atoms with van der Waals surface area (Å²) in [7, 11) is -3.77. The molecule has 6 heteroatoms. The van der Waals surface area contributed by atoms with Crippen LogP contribution in [0.2, 0.25) is 0 Å². The number of hydrogen-bond acceptors (Lipinski definition) is 3. The molecule has 2 aliphatic rings. The maximum absolute atomic E-state index is 11.7. The van der Waals surface area contributed by atoms with Crippen LogP contribution in [0, 0.1) is 0 Å². The summed E-state index contributed by atoms with van der Waals surface area (Å²) in [6.45, 7) is 0. The van der Waals surface area contributed by atoms with Crippen LogP contribution < -0.4 is 4.72 Å². The van der Waals surface area contributed by atoms with Gasteiger partial charge >= 0.3 is 5.97 Å². The van der Waals surface area contributed by atoms with E-state index in [9.17, 15) is 13.2 Å². The first kappa shape index (κ1) is 13.6. The fourth-order valence-electron chi connectivity index (χ4n) is 3.00. The monoisotopic (exact) mass is 295 g/mol. The lowest BCUT2D eigenvalue weighted by atomic mass is 9.99. The van der Waals surface area contributed by atoms with Crippen LogP contribution in [0.1, 0.15) is 47.9 Å². The molecule has 1 aromatic rings. The van der Waals surface area contributed by atoms with E-state index in [1.54, 1.807) is 0 Å². The smallest absolute Gasteiger partial charge is 0.320 e. The summed E-state index contributed by atoms with van der Waals surface area (Å²) in [5.74, 6) is -1.57. The number of fused-ring (bicyclic) bond motifs is 1. The molecule has 0 aliphatic heterocycles. The highest BCUT2D eigenvalue weighted by atomic mass is 32.2. The predicted molar refractivity (Wildman–Crippen MR) is 74.0 cm³/mol. The number of carbonyl (C=O) groups is 1. The van der Waals surface area contributed by atoms with E-state index >= 15 is 0 Å². The fraction of sp³-hybridized carbons (Fsp3) is 0.500. The molecule has 0 spiro atoms. The molecule has 1 fully saturated rings. The Morgan fingerprint density at radius 3 is 2.60 bits per heavy atom. The maximum atomic E-state index is 11.7. The Hall–Kier alpha value is -1.40. The summed E-state index contributed by atoms with van der Waals surface area (Å²) in [6.07, 6.45) is 4.00. The Morgan fingerprint density at radius 1 is 1.25 bits per heavy atom. The molecule has 0 saturated heterocycles. The Labute approximate surface area is 118 Å². The van der Waals surface area contributed by atoms with Crippen LogP contribution in [-0.4, -0.2) is 25.2 Å². The van der Waals surface area contributed by atoms with E-state index in [-0.39, 0.29) is 6.04 Å². The van der Waals surface area contributed by atoms with Crippen molar-refractivity contribution in [2.24, 2.45) is 0 Å². The zero-order valence-corrected chi connectivity index (χ0v) is 11.8. The van der Waals surface area contributed by atoms with Crippen LogP contribution in [0.15, 0.2) is 18.2 Å². The van der Waals surface area contributed by atoms with Gasteiger partial charge in [0.2, 0.25) is 10.0 Å². The lowest BCUT2D eigenvalue weighted by Gasteiger charge is -2.14. The van der Waals surface area contributed by atoms with Gasteiger partial charge in [0.25, 0.3) is 0 Å². The minimum Gasteiger partial charge on any atom is -0.480 e. The van der Waals surface area contributed by atoms with Gasteiger partial charge in [0.15, 0.2) is 5.75 Å². The fourth-order valence-corrected chi connectivity index (χ4v) is 4.09. The number of aliphatic carboxylic acids is 1. The Bertz CT molecular complexity index is 649. The minimum absolute atomic E-state index is 0.284. The molecule has 5 nitrogen and oxygen atoms in total. The van der Waals surface area contributed by atoms with Crippen molar-refractivity contribution < 1.29 is 18.3 Å². The number of carboxylic acids is 1. The van der Waals surface area contributed by atoms with E-state index in [0.717, 1.165) is 12.0 Å². The second-order valence-electron chi connectivity index (χ2n) is 5.55. The molecular formula is C14H17NO4S. The van der Waals surface area contributed by atoms with Crippen molar-refractivity contribution in [3.63, 3.8) is 0 Å². The van der Waals surface area contributed by atoms with Gasteiger partial charge in [-0.3, -0.25) is 4.79 Å². The summed E-state index contributed by atoms with van der Waals surface area (Å²) in [5.41, 5.74) is 3.63. The molecule has 0 aromatic heterocycles. The molecule has 0 heterocycles. The van der Waals surface area contributed by atoms with Gasteiger partial charge in [-0.05, 0) is 48.3 Å². The first-order valence-electron chi connectivity index (χ1n) is 6.80. The van der Waals surface area contributed by atoms with E-state index in [1.165, 1.54) is 24.0 Å². The highest BCUT2D eigenvalue weighted by Crippen LogP contribution is 2.45. The van der Waals surface area contributed by atoms with Gasteiger partial charge in [-0.1, -0.05) is 18.2 Å². The highest BCUT2D eigenvalue weighted by Gasteiger charge is 2.33. The summed E-state index contributed by atoms with van der Waals surface area (Å²) < 4.78 is 26.0. The number of carboxylic acid groups (broad SMARTS) is 1. The van der Waals surface area contributed by atoms with E-state index in [2.05, 4.69) is 10.8 Å². The molecule has 20 heavy (non-hydrogen) atoms. The van der Waals surface area contributed by atoms with Gasteiger partial charge in [0.1, 0.15) is 0 Å². The van der Waals surface area contributed by atoms with Crippen LogP contribution >= 0.6 is 0 Å². The van der Waals surface area contributed by atoms with Crippen molar-refractivity contribution in [1.29, 1.82) is 0 Å². The molecule has 0 bridgehead atoms. The minimum atomic E-state index is -3.77. The molecule has 1 saturated carbocycles. The number of nitrogens with one attached hydrogen (secondary N) is 1. The van der Waals surface area contributed by atoms with E-state index in [0.29, 0.717) is 12.3 Å². The molecule has 0 radical (unpaired) electrons. The van der Waals surface area contributed by atoms with Crippen molar-refractivity contribution in [2.75, 3.05) is 5.75 Å².